The molecule has 1 aromatic rings. The summed E-state index contributed by atoms with van der Waals surface area (Å²) >= 11 is 0. The summed E-state index contributed by atoms with van der Waals surface area (Å²) in [6, 6.07) is 4.45. The average Bonchev–Trinajstić information content (AvgIpc) is 2.35. The van der Waals surface area contributed by atoms with Gasteiger partial charge in [0.1, 0.15) is 5.82 Å². The van der Waals surface area contributed by atoms with Gasteiger partial charge in [-0.1, -0.05) is 12.1 Å². The Kier molecular flexibility index (Phi) is 4.62. The fourth-order valence-electron chi connectivity index (χ4n) is 1.33. The van der Waals surface area contributed by atoms with E-state index in [1.807, 2.05) is 0 Å². The number of rotatable bonds is 5. The first-order valence-electron chi connectivity index (χ1n) is 5.14. The van der Waals surface area contributed by atoms with E-state index in [0.29, 0.717) is 0 Å². The minimum Gasteiger partial charge on any atom is -0.409 e. The number of oxime groups is 1. The lowest BCUT2D eigenvalue weighted by atomic mass is 10.4. The molecule has 0 aliphatic heterocycles. The van der Waals surface area contributed by atoms with Gasteiger partial charge >= 0.3 is 0 Å². The van der Waals surface area contributed by atoms with Crippen molar-refractivity contribution in [1.29, 1.82) is 0 Å². The van der Waals surface area contributed by atoms with Crippen LogP contribution in [0.4, 0.5) is 4.39 Å². The number of benzene rings is 1. The molecule has 0 aliphatic carbocycles. The Morgan fingerprint density at radius 2 is 2.00 bits per heavy atom. The molecule has 0 spiro atoms. The SMILES string of the molecule is CCN(CC(N)=NO)S(=O)(=O)c1ccc(F)cc1. The molecule has 6 nitrogen and oxygen atoms in total. The van der Waals surface area contributed by atoms with Crippen LogP contribution >= 0.6 is 0 Å². The summed E-state index contributed by atoms with van der Waals surface area (Å²) in [6.07, 6.45) is 0. The summed E-state index contributed by atoms with van der Waals surface area (Å²) in [7, 11) is -3.78. The molecule has 0 fully saturated rings. The quantitative estimate of drug-likeness (QED) is 0.355. The van der Waals surface area contributed by atoms with Crippen LogP contribution in [0.5, 0.6) is 0 Å². The fraction of sp³-hybridized carbons (Fsp3) is 0.300. The number of likely N-dealkylation sites (N-methyl/N-ethyl adjacent to an activating group) is 1. The first-order chi connectivity index (χ1) is 8.41. The highest BCUT2D eigenvalue weighted by molar-refractivity contribution is 7.89. The molecular formula is C10H14FN3O3S. The minimum atomic E-state index is -3.78. The normalized spacial score (nSPS) is 12.9. The minimum absolute atomic E-state index is 0.0449. The van der Waals surface area contributed by atoms with Gasteiger partial charge in [0, 0.05) is 6.54 Å². The molecule has 3 N–H and O–H groups in total. The molecule has 0 saturated heterocycles. The zero-order valence-corrected chi connectivity index (χ0v) is 10.6. The zero-order chi connectivity index (χ0) is 13.8. The summed E-state index contributed by atoms with van der Waals surface area (Å²) in [5.74, 6) is -0.740. The Bertz CT molecular complexity index is 528. The van der Waals surface area contributed by atoms with Crippen LogP contribution in [0.2, 0.25) is 0 Å². The molecule has 1 aromatic carbocycles. The second-order valence-corrected chi connectivity index (χ2v) is 5.41. The zero-order valence-electron chi connectivity index (χ0n) is 9.75. The highest BCUT2D eigenvalue weighted by atomic mass is 32.2. The molecule has 0 bridgehead atoms. The third-order valence-corrected chi connectivity index (χ3v) is 4.21. The van der Waals surface area contributed by atoms with Gasteiger partial charge in [-0.3, -0.25) is 0 Å². The van der Waals surface area contributed by atoms with Gasteiger partial charge in [0.15, 0.2) is 5.84 Å². The molecule has 0 heterocycles. The van der Waals surface area contributed by atoms with Gasteiger partial charge in [0.25, 0.3) is 0 Å². The fourth-order valence-corrected chi connectivity index (χ4v) is 2.75. The van der Waals surface area contributed by atoms with E-state index in [1.54, 1.807) is 6.92 Å². The van der Waals surface area contributed by atoms with Crippen molar-refractivity contribution in [3.63, 3.8) is 0 Å². The lowest BCUT2D eigenvalue weighted by Gasteiger charge is -2.19. The average molecular weight is 275 g/mol. The molecule has 0 saturated carbocycles. The maximum Gasteiger partial charge on any atom is 0.243 e. The summed E-state index contributed by atoms with van der Waals surface area (Å²) < 4.78 is 38.0. The Hall–Kier alpha value is -1.67. The first kappa shape index (κ1) is 14.4. The molecule has 0 aliphatic rings. The van der Waals surface area contributed by atoms with Gasteiger partial charge in [0.2, 0.25) is 10.0 Å². The van der Waals surface area contributed by atoms with Crippen LogP contribution in [0.3, 0.4) is 0 Å². The number of nitrogens with two attached hydrogens (primary N) is 1. The maximum absolute atomic E-state index is 12.7. The predicted molar refractivity (Wildman–Crippen MR) is 64.2 cm³/mol. The standard InChI is InChI=1S/C10H14FN3O3S/c1-2-14(7-10(12)13-15)18(16,17)9-5-3-8(11)4-6-9/h3-6,15H,2,7H2,1H3,(H2,12,13). The Labute approximate surface area is 105 Å². The van der Waals surface area contributed by atoms with Crippen molar-refractivity contribution < 1.29 is 18.0 Å². The van der Waals surface area contributed by atoms with Crippen molar-refractivity contribution in [2.24, 2.45) is 10.9 Å². The molecule has 8 heteroatoms. The van der Waals surface area contributed by atoms with E-state index in [-0.39, 0.29) is 23.8 Å². The first-order valence-corrected chi connectivity index (χ1v) is 6.58. The Balaban J connectivity index is 3.07. The number of amidine groups is 1. The summed E-state index contributed by atoms with van der Waals surface area (Å²) in [5.41, 5.74) is 5.28. The Morgan fingerprint density at radius 1 is 1.44 bits per heavy atom. The van der Waals surface area contributed by atoms with Crippen LogP contribution in [0.15, 0.2) is 34.3 Å². The Morgan fingerprint density at radius 3 is 2.44 bits per heavy atom. The van der Waals surface area contributed by atoms with E-state index < -0.39 is 15.8 Å². The van der Waals surface area contributed by atoms with Gasteiger partial charge in [-0.15, -0.1) is 0 Å². The van der Waals surface area contributed by atoms with Crippen LogP contribution < -0.4 is 5.73 Å². The van der Waals surface area contributed by atoms with E-state index in [9.17, 15) is 12.8 Å². The van der Waals surface area contributed by atoms with Gasteiger partial charge in [-0.2, -0.15) is 4.31 Å². The van der Waals surface area contributed by atoms with E-state index in [2.05, 4.69) is 5.16 Å². The van der Waals surface area contributed by atoms with Crippen molar-refractivity contribution in [3.05, 3.63) is 30.1 Å². The maximum atomic E-state index is 12.7. The molecule has 100 valence electrons. The molecule has 0 radical (unpaired) electrons. The molecule has 18 heavy (non-hydrogen) atoms. The number of halogens is 1. The van der Waals surface area contributed by atoms with E-state index in [0.717, 1.165) is 16.4 Å². The summed E-state index contributed by atoms with van der Waals surface area (Å²) in [5, 5.41) is 11.2. The topological polar surface area (TPSA) is 96.0 Å². The molecule has 0 atom stereocenters. The van der Waals surface area contributed by atoms with Crippen molar-refractivity contribution in [3.8, 4) is 0 Å². The third kappa shape index (κ3) is 3.17. The highest BCUT2D eigenvalue weighted by Gasteiger charge is 2.23. The van der Waals surface area contributed by atoms with Gasteiger partial charge in [-0.25, -0.2) is 12.8 Å². The van der Waals surface area contributed by atoms with Crippen molar-refractivity contribution >= 4 is 15.9 Å². The van der Waals surface area contributed by atoms with Gasteiger partial charge in [-0.05, 0) is 24.3 Å². The lowest BCUT2D eigenvalue weighted by molar-refractivity contribution is 0.315. The monoisotopic (exact) mass is 275 g/mol. The van der Waals surface area contributed by atoms with Crippen LogP contribution in [-0.2, 0) is 10.0 Å². The van der Waals surface area contributed by atoms with E-state index in [4.69, 9.17) is 10.9 Å². The van der Waals surface area contributed by atoms with Gasteiger partial charge in [0.05, 0.1) is 11.4 Å². The number of sulfonamides is 1. The van der Waals surface area contributed by atoms with Crippen LogP contribution in [0, 0.1) is 5.82 Å². The van der Waals surface area contributed by atoms with Crippen molar-refractivity contribution in [2.45, 2.75) is 11.8 Å². The third-order valence-electron chi connectivity index (χ3n) is 2.27. The second-order valence-electron chi connectivity index (χ2n) is 3.48. The van der Waals surface area contributed by atoms with Crippen LogP contribution in [-0.4, -0.2) is 36.9 Å². The molecule has 1 rings (SSSR count). The van der Waals surface area contributed by atoms with E-state index in [1.165, 1.54) is 12.1 Å². The van der Waals surface area contributed by atoms with Gasteiger partial charge < -0.3 is 10.9 Å². The number of nitrogens with zero attached hydrogens (tertiary/aromatic N) is 2. The molecular weight excluding hydrogens is 261 g/mol. The van der Waals surface area contributed by atoms with Crippen molar-refractivity contribution in [2.75, 3.05) is 13.1 Å². The van der Waals surface area contributed by atoms with Crippen molar-refractivity contribution in [1.82, 2.24) is 4.31 Å². The van der Waals surface area contributed by atoms with E-state index >= 15 is 0 Å². The number of hydrogen-bond acceptors (Lipinski definition) is 4. The van der Waals surface area contributed by atoms with Crippen LogP contribution in [0.25, 0.3) is 0 Å². The number of hydrogen-bond donors (Lipinski definition) is 2. The molecule has 0 aromatic heterocycles. The molecule has 0 amide bonds. The highest BCUT2D eigenvalue weighted by Crippen LogP contribution is 2.15. The summed E-state index contributed by atoms with van der Waals surface area (Å²) in [4.78, 5) is -0.0449. The smallest absolute Gasteiger partial charge is 0.243 e. The predicted octanol–water partition coefficient (Wildman–Crippen LogP) is 0.583. The second kappa shape index (κ2) is 5.78. The largest absolute Gasteiger partial charge is 0.409 e. The lowest BCUT2D eigenvalue weighted by Crippen LogP contribution is -2.38. The van der Waals surface area contributed by atoms with Crippen LogP contribution in [0.1, 0.15) is 6.92 Å². The summed E-state index contributed by atoms with van der Waals surface area (Å²) in [6.45, 7) is 1.54. The molecule has 0 unspecified atom stereocenters.